The Bertz CT molecular complexity index is 386. The van der Waals surface area contributed by atoms with Gasteiger partial charge in [-0.25, -0.2) is 0 Å². The normalized spacial score (nSPS) is 11.5. The number of hydrogen-bond acceptors (Lipinski definition) is 3. The topological polar surface area (TPSA) is 38.7 Å². The molecule has 1 rings (SSSR count). The van der Waals surface area contributed by atoms with Gasteiger partial charge in [-0.15, -0.1) is 0 Å². The van der Waals surface area contributed by atoms with Gasteiger partial charge in [0.05, 0.1) is 12.7 Å². The van der Waals surface area contributed by atoms with Crippen LogP contribution in [0.1, 0.15) is 25.8 Å². The van der Waals surface area contributed by atoms with Crippen molar-refractivity contribution in [1.29, 1.82) is 0 Å². The van der Waals surface area contributed by atoms with Gasteiger partial charge in [0.15, 0.2) is 0 Å². The van der Waals surface area contributed by atoms with Crippen molar-refractivity contribution in [2.75, 3.05) is 19.8 Å². The molecular formula is C15H20O3. The molecule has 1 aromatic rings. The molecule has 0 aliphatic heterocycles. The first-order valence-electron chi connectivity index (χ1n) is 6.20. The third kappa shape index (κ3) is 5.72. The predicted octanol–water partition coefficient (Wildman–Crippen LogP) is 2.22. The van der Waals surface area contributed by atoms with Crippen LogP contribution in [0.25, 0.3) is 0 Å². The molecule has 1 unspecified atom stereocenters. The first-order valence-corrected chi connectivity index (χ1v) is 6.20. The van der Waals surface area contributed by atoms with Crippen LogP contribution in [0, 0.1) is 11.8 Å². The van der Waals surface area contributed by atoms with Crippen molar-refractivity contribution in [1.82, 2.24) is 0 Å². The average Bonchev–Trinajstić information content (AvgIpc) is 2.42. The molecule has 0 heterocycles. The number of rotatable bonds is 6. The van der Waals surface area contributed by atoms with Crippen molar-refractivity contribution < 1.29 is 14.6 Å². The lowest BCUT2D eigenvalue weighted by Crippen LogP contribution is -2.13. The van der Waals surface area contributed by atoms with E-state index in [2.05, 4.69) is 25.7 Å². The van der Waals surface area contributed by atoms with E-state index >= 15 is 0 Å². The maximum Gasteiger partial charge on any atom is 0.119 e. The second-order valence-electron chi connectivity index (χ2n) is 3.92. The number of ether oxygens (including phenoxy) is 2. The monoisotopic (exact) mass is 248 g/mol. The van der Waals surface area contributed by atoms with E-state index in [0.29, 0.717) is 13.2 Å². The molecule has 0 radical (unpaired) electrons. The van der Waals surface area contributed by atoms with Crippen LogP contribution < -0.4 is 4.74 Å². The Hall–Kier alpha value is -1.50. The van der Waals surface area contributed by atoms with Crippen molar-refractivity contribution in [2.45, 2.75) is 26.4 Å². The number of aliphatic hydroxyl groups excluding tert-OH is 1. The first kappa shape index (κ1) is 14.6. The zero-order valence-corrected chi connectivity index (χ0v) is 11.0. The smallest absolute Gasteiger partial charge is 0.119 e. The van der Waals surface area contributed by atoms with Crippen molar-refractivity contribution in [3.05, 3.63) is 29.8 Å². The molecule has 98 valence electrons. The highest BCUT2D eigenvalue weighted by Gasteiger charge is 1.98. The van der Waals surface area contributed by atoms with Crippen LogP contribution in [0.5, 0.6) is 5.75 Å². The average molecular weight is 248 g/mol. The number of hydrogen-bond donors (Lipinski definition) is 1. The fourth-order valence-electron chi connectivity index (χ4n) is 1.30. The molecule has 3 heteroatoms. The van der Waals surface area contributed by atoms with Crippen LogP contribution in [0.2, 0.25) is 0 Å². The maximum atomic E-state index is 8.58. The Morgan fingerprint density at radius 1 is 1.22 bits per heavy atom. The molecule has 0 amide bonds. The number of aliphatic hydroxyl groups is 1. The Morgan fingerprint density at radius 2 is 1.94 bits per heavy atom. The lowest BCUT2D eigenvalue weighted by Gasteiger charge is -2.11. The minimum atomic E-state index is -0.120. The van der Waals surface area contributed by atoms with Gasteiger partial charge in [-0.2, -0.15) is 0 Å². The minimum Gasteiger partial charge on any atom is -0.491 e. The summed E-state index contributed by atoms with van der Waals surface area (Å²) in [4.78, 5) is 0. The third-order valence-electron chi connectivity index (χ3n) is 2.50. The van der Waals surface area contributed by atoms with Gasteiger partial charge in [-0.1, -0.05) is 18.8 Å². The molecule has 0 aliphatic rings. The lowest BCUT2D eigenvalue weighted by atomic mass is 10.2. The fraction of sp³-hybridized carbons (Fsp3) is 0.467. The molecule has 1 N–H and O–H groups in total. The minimum absolute atomic E-state index is 0.120. The summed E-state index contributed by atoms with van der Waals surface area (Å²) in [6.45, 7) is 5.17. The van der Waals surface area contributed by atoms with Crippen molar-refractivity contribution in [3.8, 4) is 17.6 Å². The SMILES string of the molecule is CCC(C)OCCOc1ccc(C#CCO)cc1. The summed E-state index contributed by atoms with van der Waals surface area (Å²) in [5.74, 6) is 6.23. The Kier molecular flexibility index (Phi) is 6.93. The van der Waals surface area contributed by atoms with Gasteiger partial charge in [0, 0.05) is 5.56 Å². The zero-order chi connectivity index (χ0) is 13.2. The van der Waals surface area contributed by atoms with Crippen LogP contribution in [-0.2, 0) is 4.74 Å². The number of benzene rings is 1. The van der Waals surface area contributed by atoms with Crippen molar-refractivity contribution >= 4 is 0 Å². The van der Waals surface area contributed by atoms with Gasteiger partial charge in [-0.05, 0) is 37.6 Å². The van der Waals surface area contributed by atoms with Crippen LogP contribution >= 0.6 is 0 Å². The summed E-state index contributed by atoms with van der Waals surface area (Å²) in [6, 6.07) is 7.47. The van der Waals surface area contributed by atoms with Gasteiger partial charge in [-0.3, -0.25) is 0 Å². The van der Waals surface area contributed by atoms with E-state index in [1.165, 1.54) is 0 Å². The fourth-order valence-corrected chi connectivity index (χ4v) is 1.30. The lowest BCUT2D eigenvalue weighted by molar-refractivity contribution is 0.0427. The summed E-state index contributed by atoms with van der Waals surface area (Å²) >= 11 is 0. The standard InChI is InChI=1S/C15H20O3/c1-3-13(2)17-11-12-18-15-8-6-14(7-9-15)5-4-10-16/h6-9,13,16H,3,10-12H2,1-2H3. The Balaban J connectivity index is 2.31. The molecule has 0 aromatic heterocycles. The Labute approximate surface area is 109 Å². The largest absolute Gasteiger partial charge is 0.491 e. The molecule has 1 atom stereocenters. The second-order valence-corrected chi connectivity index (χ2v) is 3.92. The summed E-state index contributed by atoms with van der Waals surface area (Å²) in [7, 11) is 0. The van der Waals surface area contributed by atoms with E-state index in [4.69, 9.17) is 14.6 Å². The van der Waals surface area contributed by atoms with E-state index in [1.807, 2.05) is 24.3 Å². The van der Waals surface area contributed by atoms with Crippen LogP contribution in [0.15, 0.2) is 24.3 Å². The van der Waals surface area contributed by atoms with Gasteiger partial charge in [0.25, 0.3) is 0 Å². The van der Waals surface area contributed by atoms with E-state index in [9.17, 15) is 0 Å². The van der Waals surface area contributed by atoms with E-state index in [0.717, 1.165) is 17.7 Å². The van der Waals surface area contributed by atoms with Crippen LogP contribution in [0.3, 0.4) is 0 Å². The Morgan fingerprint density at radius 3 is 2.56 bits per heavy atom. The van der Waals surface area contributed by atoms with E-state index in [1.54, 1.807) is 0 Å². The van der Waals surface area contributed by atoms with Crippen molar-refractivity contribution in [2.24, 2.45) is 0 Å². The molecule has 1 aromatic carbocycles. The van der Waals surface area contributed by atoms with Gasteiger partial charge >= 0.3 is 0 Å². The molecular weight excluding hydrogens is 228 g/mol. The molecule has 0 saturated heterocycles. The van der Waals surface area contributed by atoms with Crippen LogP contribution in [0.4, 0.5) is 0 Å². The molecule has 0 bridgehead atoms. The summed E-state index contributed by atoms with van der Waals surface area (Å²) in [5, 5.41) is 8.58. The van der Waals surface area contributed by atoms with Crippen molar-refractivity contribution in [3.63, 3.8) is 0 Å². The molecule has 0 saturated carbocycles. The molecule has 0 spiro atoms. The highest BCUT2D eigenvalue weighted by Crippen LogP contribution is 2.11. The van der Waals surface area contributed by atoms with Crippen LogP contribution in [-0.4, -0.2) is 31.0 Å². The molecule has 3 nitrogen and oxygen atoms in total. The highest BCUT2D eigenvalue weighted by atomic mass is 16.5. The van der Waals surface area contributed by atoms with Gasteiger partial charge < -0.3 is 14.6 Å². The zero-order valence-electron chi connectivity index (χ0n) is 11.0. The van der Waals surface area contributed by atoms with Gasteiger partial charge in [0.1, 0.15) is 19.0 Å². The van der Waals surface area contributed by atoms with E-state index in [-0.39, 0.29) is 12.7 Å². The van der Waals surface area contributed by atoms with Gasteiger partial charge in [0.2, 0.25) is 0 Å². The highest BCUT2D eigenvalue weighted by molar-refractivity contribution is 5.38. The third-order valence-corrected chi connectivity index (χ3v) is 2.50. The quantitative estimate of drug-likeness (QED) is 0.619. The molecule has 0 aliphatic carbocycles. The maximum absolute atomic E-state index is 8.58. The summed E-state index contributed by atoms with van der Waals surface area (Å²) in [5.41, 5.74) is 0.868. The predicted molar refractivity (Wildman–Crippen MR) is 71.6 cm³/mol. The molecule has 18 heavy (non-hydrogen) atoms. The summed E-state index contributed by atoms with van der Waals surface area (Å²) < 4.78 is 11.1. The van der Waals surface area contributed by atoms with E-state index < -0.39 is 0 Å². The molecule has 0 fully saturated rings. The summed E-state index contributed by atoms with van der Waals surface area (Å²) in [6.07, 6.45) is 1.29. The second kappa shape index (κ2) is 8.57. The first-order chi connectivity index (χ1) is 8.76.